The van der Waals surface area contributed by atoms with Crippen molar-refractivity contribution < 1.29 is 9.53 Å². The summed E-state index contributed by atoms with van der Waals surface area (Å²) in [7, 11) is 1.66. The summed E-state index contributed by atoms with van der Waals surface area (Å²) in [6.07, 6.45) is 5.39. The second-order valence-corrected chi connectivity index (χ2v) is 6.60. The first-order chi connectivity index (χ1) is 9.50. The molecular weight excluding hydrogens is 316 g/mol. The van der Waals surface area contributed by atoms with Crippen molar-refractivity contribution in [3.05, 3.63) is 40.9 Å². The standard InChI is InChI=1S/C17H21BrO2/c1-4-17(2)9-5-6-16(19)14(17)11-12-10-13(20-3)7-8-15(12)18/h4,7-8,10,14H,1,5-6,9,11H2,2-3H3/t14-,17+/m1/s1. The topological polar surface area (TPSA) is 26.3 Å². The lowest BCUT2D eigenvalue weighted by Crippen LogP contribution is -2.37. The molecule has 1 aliphatic rings. The number of Topliss-reactive ketones (excluding diaryl/α,β-unsaturated/α-hetero) is 1. The Morgan fingerprint density at radius 2 is 2.30 bits per heavy atom. The summed E-state index contributed by atoms with van der Waals surface area (Å²) in [6.45, 7) is 6.10. The number of hydrogen-bond acceptors (Lipinski definition) is 2. The van der Waals surface area contributed by atoms with Crippen LogP contribution in [0.3, 0.4) is 0 Å². The van der Waals surface area contributed by atoms with Crippen molar-refractivity contribution in [1.82, 2.24) is 0 Å². The summed E-state index contributed by atoms with van der Waals surface area (Å²) in [6, 6.07) is 5.91. The molecule has 0 saturated heterocycles. The number of methoxy groups -OCH3 is 1. The summed E-state index contributed by atoms with van der Waals surface area (Å²) >= 11 is 3.57. The van der Waals surface area contributed by atoms with E-state index in [0.29, 0.717) is 12.2 Å². The molecule has 2 atom stereocenters. The minimum atomic E-state index is -0.0994. The smallest absolute Gasteiger partial charge is 0.137 e. The average molecular weight is 337 g/mol. The van der Waals surface area contributed by atoms with Gasteiger partial charge in [0, 0.05) is 16.8 Å². The normalized spacial score (nSPS) is 26.4. The highest BCUT2D eigenvalue weighted by Crippen LogP contribution is 2.42. The fraction of sp³-hybridized carbons (Fsp3) is 0.471. The van der Waals surface area contributed by atoms with Gasteiger partial charge in [0.15, 0.2) is 0 Å². The Morgan fingerprint density at radius 3 is 2.95 bits per heavy atom. The lowest BCUT2D eigenvalue weighted by atomic mass is 9.65. The minimum Gasteiger partial charge on any atom is -0.497 e. The molecule has 2 nitrogen and oxygen atoms in total. The first kappa shape index (κ1) is 15.3. The van der Waals surface area contributed by atoms with Crippen molar-refractivity contribution >= 4 is 21.7 Å². The lowest BCUT2D eigenvalue weighted by molar-refractivity contribution is -0.128. The number of rotatable bonds is 4. The van der Waals surface area contributed by atoms with Gasteiger partial charge in [0.05, 0.1) is 7.11 Å². The van der Waals surface area contributed by atoms with Crippen LogP contribution in [0.15, 0.2) is 35.3 Å². The molecule has 1 aromatic carbocycles. The molecule has 0 amide bonds. The van der Waals surface area contributed by atoms with Crippen molar-refractivity contribution in [2.24, 2.45) is 11.3 Å². The maximum Gasteiger partial charge on any atom is 0.137 e. The molecule has 1 saturated carbocycles. The summed E-state index contributed by atoms with van der Waals surface area (Å²) in [5.41, 5.74) is 1.02. The molecule has 1 aliphatic carbocycles. The van der Waals surface area contributed by atoms with Crippen LogP contribution in [-0.4, -0.2) is 12.9 Å². The molecule has 0 bridgehead atoms. The molecule has 3 heteroatoms. The van der Waals surface area contributed by atoms with Crippen LogP contribution < -0.4 is 4.74 Å². The van der Waals surface area contributed by atoms with Crippen LogP contribution in [0.1, 0.15) is 31.7 Å². The first-order valence-corrected chi connectivity index (χ1v) is 7.78. The van der Waals surface area contributed by atoms with E-state index in [2.05, 4.69) is 29.4 Å². The second-order valence-electron chi connectivity index (χ2n) is 5.74. The van der Waals surface area contributed by atoms with Crippen molar-refractivity contribution in [3.63, 3.8) is 0 Å². The summed E-state index contributed by atoms with van der Waals surface area (Å²) < 4.78 is 6.31. The highest BCUT2D eigenvalue weighted by Gasteiger charge is 2.39. The number of halogens is 1. The third kappa shape index (κ3) is 2.98. The zero-order valence-electron chi connectivity index (χ0n) is 12.1. The van der Waals surface area contributed by atoms with E-state index in [0.717, 1.165) is 35.0 Å². The Kier molecular flexibility index (Phi) is 4.69. The van der Waals surface area contributed by atoms with Gasteiger partial charge in [-0.05, 0) is 48.4 Å². The third-order valence-corrected chi connectivity index (χ3v) is 5.24. The molecule has 0 N–H and O–H groups in total. The molecule has 0 radical (unpaired) electrons. The Morgan fingerprint density at radius 1 is 1.55 bits per heavy atom. The van der Waals surface area contributed by atoms with Crippen molar-refractivity contribution in [2.45, 2.75) is 32.6 Å². The highest BCUT2D eigenvalue weighted by molar-refractivity contribution is 9.10. The van der Waals surface area contributed by atoms with Crippen LogP contribution in [0.5, 0.6) is 5.75 Å². The van der Waals surface area contributed by atoms with Crippen LogP contribution in [0, 0.1) is 11.3 Å². The monoisotopic (exact) mass is 336 g/mol. The zero-order chi connectivity index (χ0) is 14.8. The van der Waals surface area contributed by atoms with Gasteiger partial charge in [-0.2, -0.15) is 0 Å². The third-order valence-electron chi connectivity index (χ3n) is 4.47. The van der Waals surface area contributed by atoms with Gasteiger partial charge in [0.25, 0.3) is 0 Å². The fourth-order valence-corrected chi connectivity index (χ4v) is 3.41. The molecule has 1 aromatic rings. The number of ketones is 1. The van der Waals surface area contributed by atoms with Gasteiger partial charge in [-0.25, -0.2) is 0 Å². The van der Waals surface area contributed by atoms with Gasteiger partial charge in [-0.15, -0.1) is 6.58 Å². The molecule has 1 fully saturated rings. The molecule has 2 rings (SSSR count). The van der Waals surface area contributed by atoms with Crippen molar-refractivity contribution in [3.8, 4) is 5.75 Å². The Bertz CT molecular complexity index is 524. The number of benzene rings is 1. The molecule has 0 spiro atoms. The fourth-order valence-electron chi connectivity index (χ4n) is 3.01. The Hall–Kier alpha value is -1.09. The summed E-state index contributed by atoms with van der Waals surface area (Å²) in [5.74, 6) is 1.19. The van der Waals surface area contributed by atoms with Crippen LogP contribution in [-0.2, 0) is 11.2 Å². The number of hydrogen-bond donors (Lipinski definition) is 0. The van der Waals surface area contributed by atoms with Crippen LogP contribution in [0.2, 0.25) is 0 Å². The van der Waals surface area contributed by atoms with E-state index >= 15 is 0 Å². The largest absolute Gasteiger partial charge is 0.497 e. The SMILES string of the molecule is C=C[C@@]1(C)CCCC(=O)[C@H]1Cc1cc(OC)ccc1Br. The molecule has 0 aromatic heterocycles. The van der Waals surface area contributed by atoms with E-state index in [9.17, 15) is 4.79 Å². The Labute approximate surface area is 129 Å². The molecular formula is C17H21BrO2. The Balaban J connectivity index is 2.31. The van der Waals surface area contributed by atoms with E-state index in [-0.39, 0.29) is 11.3 Å². The van der Waals surface area contributed by atoms with Gasteiger partial charge in [-0.3, -0.25) is 4.79 Å². The van der Waals surface area contributed by atoms with Crippen molar-refractivity contribution in [2.75, 3.05) is 7.11 Å². The predicted molar refractivity (Wildman–Crippen MR) is 85.1 cm³/mol. The number of ether oxygens (including phenoxy) is 1. The van der Waals surface area contributed by atoms with E-state index in [1.54, 1.807) is 7.11 Å². The average Bonchev–Trinajstić information content (AvgIpc) is 2.45. The van der Waals surface area contributed by atoms with Crippen LogP contribution in [0.4, 0.5) is 0 Å². The predicted octanol–water partition coefficient (Wildman–Crippen LogP) is 4.56. The van der Waals surface area contributed by atoms with E-state index in [1.807, 2.05) is 24.3 Å². The number of carbonyl (C=O) groups is 1. The van der Waals surface area contributed by atoms with Gasteiger partial charge in [0.1, 0.15) is 11.5 Å². The lowest BCUT2D eigenvalue weighted by Gasteiger charge is -2.38. The van der Waals surface area contributed by atoms with Gasteiger partial charge >= 0.3 is 0 Å². The summed E-state index contributed by atoms with van der Waals surface area (Å²) in [5, 5.41) is 0. The maximum atomic E-state index is 12.3. The number of carbonyl (C=O) groups excluding carboxylic acids is 1. The maximum absolute atomic E-state index is 12.3. The molecule has 0 unspecified atom stereocenters. The van der Waals surface area contributed by atoms with Crippen LogP contribution in [0.25, 0.3) is 0 Å². The van der Waals surface area contributed by atoms with Crippen LogP contribution >= 0.6 is 15.9 Å². The minimum absolute atomic E-state index is 0.0113. The molecule has 0 heterocycles. The van der Waals surface area contributed by atoms with E-state index in [4.69, 9.17) is 4.74 Å². The summed E-state index contributed by atoms with van der Waals surface area (Å²) in [4.78, 5) is 12.3. The highest BCUT2D eigenvalue weighted by atomic mass is 79.9. The zero-order valence-corrected chi connectivity index (χ0v) is 13.7. The second kappa shape index (κ2) is 6.13. The van der Waals surface area contributed by atoms with Gasteiger partial charge in [-0.1, -0.05) is 28.9 Å². The van der Waals surface area contributed by atoms with Crippen molar-refractivity contribution in [1.29, 1.82) is 0 Å². The first-order valence-electron chi connectivity index (χ1n) is 6.99. The number of allylic oxidation sites excluding steroid dienone is 1. The van der Waals surface area contributed by atoms with Gasteiger partial charge < -0.3 is 4.74 Å². The molecule has 20 heavy (non-hydrogen) atoms. The van der Waals surface area contributed by atoms with E-state index < -0.39 is 0 Å². The van der Waals surface area contributed by atoms with E-state index in [1.165, 1.54) is 0 Å². The van der Waals surface area contributed by atoms with Gasteiger partial charge in [0.2, 0.25) is 0 Å². The molecule has 108 valence electrons. The quantitative estimate of drug-likeness (QED) is 0.753. The molecule has 0 aliphatic heterocycles.